The predicted molar refractivity (Wildman–Crippen MR) is 62.5 cm³/mol. The van der Waals surface area contributed by atoms with E-state index in [1.807, 2.05) is 11.4 Å². The van der Waals surface area contributed by atoms with Gasteiger partial charge in [0.25, 0.3) is 0 Å². The van der Waals surface area contributed by atoms with E-state index in [0.717, 1.165) is 10.1 Å². The highest BCUT2D eigenvalue weighted by Crippen LogP contribution is 2.29. The Morgan fingerprint density at radius 2 is 2.31 bits per heavy atom. The minimum Gasteiger partial charge on any atom is -0.336 e. The van der Waals surface area contributed by atoms with E-state index in [1.54, 1.807) is 17.4 Å². The molecule has 3 nitrogen and oxygen atoms in total. The van der Waals surface area contributed by atoms with Crippen molar-refractivity contribution in [3.05, 3.63) is 29.4 Å². The van der Waals surface area contributed by atoms with Gasteiger partial charge in [-0.1, -0.05) is 0 Å². The number of halogens is 1. The summed E-state index contributed by atoms with van der Waals surface area (Å²) in [6.45, 7) is 1.09. The number of hydrogen-bond donors (Lipinski definition) is 1. The van der Waals surface area contributed by atoms with Gasteiger partial charge in [0.2, 0.25) is 0 Å². The molecular weight excluding hydrogens is 227 g/mol. The summed E-state index contributed by atoms with van der Waals surface area (Å²) in [6.07, 6.45) is 0. The molecule has 0 spiro atoms. The van der Waals surface area contributed by atoms with E-state index in [1.165, 1.54) is 11.0 Å². The molecule has 0 atom stereocenters. The zero-order chi connectivity index (χ0) is 11.1. The van der Waals surface area contributed by atoms with Crippen LogP contribution in [0, 0.1) is 5.82 Å². The van der Waals surface area contributed by atoms with E-state index < -0.39 is 0 Å². The summed E-state index contributed by atoms with van der Waals surface area (Å²) in [5, 5.41) is 5.46. The highest BCUT2D eigenvalue weighted by Gasteiger charge is 2.24. The Bertz CT molecular complexity index is 566. The number of fused-ring (bicyclic) bond motifs is 1. The molecule has 1 aromatic heterocycles. The quantitative estimate of drug-likeness (QED) is 0.811. The first kappa shape index (κ1) is 9.59. The minimum atomic E-state index is -0.344. The van der Waals surface area contributed by atoms with Crippen molar-refractivity contribution in [2.45, 2.75) is 0 Å². The van der Waals surface area contributed by atoms with Gasteiger partial charge in [0.05, 0.1) is 5.69 Å². The molecule has 1 aliphatic rings. The molecule has 1 saturated heterocycles. The Hall–Kier alpha value is -1.62. The lowest BCUT2D eigenvalue weighted by Gasteiger charge is -2.15. The highest BCUT2D eigenvalue weighted by atomic mass is 32.1. The summed E-state index contributed by atoms with van der Waals surface area (Å²) in [5.41, 5.74) is 0.366. The Kier molecular flexibility index (Phi) is 2.07. The van der Waals surface area contributed by atoms with Crippen LogP contribution in [0.2, 0.25) is 0 Å². The molecular formula is C11H9FN2OS. The molecule has 1 N–H and O–H groups in total. The number of hydrogen-bond acceptors (Lipinski definition) is 2. The molecule has 16 heavy (non-hydrogen) atoms. The second kappa shape index (κ2) is 3.45. The van der Waals surface area contributed by atoms with Crippen LogP contribution in [0.25, 0.3) is 10.1 Å². The molecule has 1 aromatic carbocycles. The van der Waals surface area contributed by atoms with Crippen molar-refractivity contribution in [2.75, 3.05) is 18.0 Å². The van der Waals surface area contributed by atoms with Crippen molar-refractivity contribution in [3.63, 3.8) is 0 Å². The zero-order valence-electron chi connectivity index (χ0n) is 8.37. The highest BCUT2D eigenvalue weighted by molar-refractivity contribution is 7.17. The summed E-state index contributed by atoms with van der Waals surface area (Å²) in [6, 6.07) is 4.86. The van der Waals surface area contributed by atoms with Crippen LogP contribution in [0.4, 0.5) is 14.9 Å². The summed E-state index contributed by atoms with van der Waals surface area (Å²) >= 11 is 1.55. The number of rotatable bonds is 1. The lowest BCUT2D eigenvalue weighted by atomic mass is 10.2. The Morgan fingerprint density at radius 1 is 1.44 bits per heavy atom. The fraction of sp³-hybridized carbons (Fsp3) is 0.182. The van der Waals surface area contributed by atoms with E-state index in [-0.39, 0.29) is 11.8 Å². The molecule has 1 fully saturated rings. The topological polar surface area (TPSA) is 32.3 Å². The first-order valence-corrected chi connectivity index (χ1v) is 5.86. The zero-order valence-corrected chi connectivity index (χ0v) is 9.18. The molecule has 82 valence electrons. The number of urea groups is 1. The van der Waals surface area contributed by atoms with Crippen molar-refractivity contribution < 1.29 is 9.18 Å². The molecule has 0 radical (unpaired) electrons. The van der Waals surface area contributed by atoms with E-state index in [9.17, 15) is 9.18 Å². The van der Waals surface area contributed by atoms with Crippen LogP contribution in [0.3, 0.4) is 0 Å². The third-order valence-electron chi connectivity index (χ3n) is 2.67. The lowest BCUT2D eigenvalue weighted by Crippen LogP contribution is -2.28. The fourth-order valence-electron chi connectivity index (χ4n) is 1.88. The number of thiophene rings is 1. The predicted octanol–water partition coefficient (Wildman–Crippen LogP) is 2.57. The van der Waals surface area contributed by atoms with Crippen molar-refractivity contribution in [3.8, 4) is 0 Å². The summed E-state index contributed by atoms with van der Waals surface area (Å²) in [7, 11) is 0. The maximum absolute atomic E-state index is 13.8. The average Bonchev–Trinajstić information content (AvgIpc) is 2.85. The van der Waals surface area contributed by atoms with Gasteiger partial charge >= 0.3 is 6.03 Å². The van der Waals surface area contributed by atoms with Crippen LogP contribution in [0.5, 0.6) is 0 Å². The maximum atomic E-state index is 13.8. The second-order valence-electron chi connectivity index (χ2n) is 3.65. The Morgan fingerprint density at radius 3 is 3.06 bits per heavy atom. The van der Waals surface area contributed by atoms with Crippen LogP contribution < -0.4 is 10.2 Å². The van der Waals surface area contributed by atoms with E-state index >= 15 is 0 Å². The number of benzene rings is 1. The molecule has 3 rings (SSSR count). The van der Waals surface area contributed by atoms with E-state index in [0.29, 0.717) is 18.8 Å². The van der Waals surface area contributed by atoms with Gasteiger partial charge in [0.1, 0.15) is 5.82 Å². The summed E-state index contributed by atoms with van der Waals surface area (Å²) in [4.78, 5) is 12.9. The number of carbonyl (C=O) groups is 1. The van der Waals surface area contributed by atoms with E-state index in [2.05, 4.69) is 5.32 Å². The van der Waals surface area contributed by atoms with Gasteiger partial charge in [-0.25, -0.2) is 9.18 Å². The fourth-order valence-corrected chi connectivity index (χ4v) is 2.68. The molecule has 0 bridgehead atoms. The normalized spacial score (nSPS) is 15.8. The van der Waals surface area contributed by atoms with Crippen LogP contribution in [0.1, 0.15) is 0 Å². The largest absolute Gasteiger partial charge is 0.336 e. The molecule has 0 unspecified atom stereocenters. The van der Waals surface area contributed by atoms with E-state index in [4.69, 9.17) is 0 Å². The smallest absolute Gasteiger partial charge is 0.322 e. The van der Waals surface area contributed by atoms with Crippen molar-refractivity contribution in [2.24, 2.45) is 0 Å². The van der Waals surface area contributed by atoms with Gasteiger partial charge in [-0.2, -0.15) is 0 Å². The average molecular weight is 236 g/mol. The van der Waals surface area contributed by atoms with Crippen LogP contribution in [0.15, 0.2) is 23.6 Å². The lowest BCUT2D eigenvalue weighted by molar-refractivity contribution is 0.252. The number of amides is 2. The summed E-state index contributed by atoms with van der Waals surface area (Å²) < 4.78 is 14.8. The Labute approximate surface area is 95.5 Å². The molecule has 2 heterocycles. The van der Waals surface area contributed by atoms with Gasteiger partial charge in [-0.05, 0) is 29.0 Å². The monoisotopic (exact) mass is 236 g/mol. The van der Waals surface area contributed by atoms with Gasteiger partial charge < -0.3 is 5.32 Å². The molecule has 1 aliphatic heterocycles. The van der Waals surface area contributed by atoms with Gasteiger partial charge in [-0.15, -0.1) is 11.3 Å². The SMILES string of the molecule is O=C1NCCN1c1cc2sccc2cc1F. The van der Waals surface area contributed by atoms with Crippen molar-refractivity contribution in [1.82, 2.24) is 5.32 Å². The number of nitrogens with zero attached hydrogens (tertiary/aromatic N) is 1. The molecule has 5 heteroatoms. The maximum Gasteiger partial charge on any atom is 0.322 e. The molecule has 2 aromatic rings. The minimum absolute atomic E-state index is 0.227. The molecule has 2 amide bonds. The van der Waals surface area contributed by atoms with Crippen LogP contribution in [-0.2, 0) is 0 Å². The molecule has 0 aliphatic carbocycles. The van der Waals surface area contributed by atoms with Gasteiger partial charge in [0.15, 0.2) is 0 Å². The number of nitrogens with one attached hydrogen (secondary N) is 1. The summed E-state index contributed by atoms with van der Waals surface area (Å²) in [5.74, 6) is -0.344. The van der Waals surface area contributed by atoms with Gasteiger partial charge in [0, 0.05) is 17.8 Å². The second-order valence-corrected chi connectivity index (χ2v) is 4.59. The molecule has 0 saturated carbocycles. The standard InChI is InChI=1S/C11H9FN2OS/c12-8-5-7-1-4-16-10(7)6-9(8)14-3-2-13-11(14)15/h1,4-6H,2-3H2,(H,13,15). The van der Waals surface area contributed by atoms with Crippen LogP contribution >= 0.6 is 11.3 Å². The first-order valence-electron chi connectivity index (χ1n) is 4.98. The van der Waals surface area contributed by atoms with Crippen LogP contribution in [-0.4, -0.2) is 19.1 Å². The Balaban J connectivity index is 2.14. The third kappa shape index (κ3) is 1.36. The number of carbonyl (C=O) groups excluding carboxylic acids is 1. The first-order chi connectivity index (χ1) is 7.75. The van der Waals surface area contributed by atoms with Crippen molar-refractivity contribution >= 4 is 33.1 Å². The van der Waals surface area contributed by atoms with Gasteiger partial charge in [-0.3, -0.25) is 4.90 Å². The third-order valence-corrected chi connectivity index (χ3v) is 3.55. The van der Waals surface area contributed by atoms with Crippen molar-refractivity contribution in [1.29, 1.82) is 0 Å². The number of anilines is 1.